The molecule has 1 aromatic heterocycles. The fraction of sp³-hybridized carbons (Fsp3) is 0.684. The van der Waals surface area contributed by atoms with Crippen LogP contribution in [0.2, 0.25) is 5.02 Å². The Labute approximate surface area is 186 Å². The van der Waals surface area contributed by atoms with E-state index in [1.54, 1.807) is 6.20 Å². The first-order valence-corrected chi connectivity index (χ1v) is 9.77. The van der Waals surface area contributed by atoms with E-state index in [-0.39, 0.29) is 24.0 Å². The standard InChI is InChI=1S/C19H33ClN6.HI/c1-14(2)11-16(25(4)5)12-23-19(21-3)24-15-8-10-26(13-15)18-17(20)7-6-9-22-18;/h6-7,9,14-16H,8,10-13H2,1-5H3,(H2,21,23,24);1H. The summed E-state index contributed by atoms with van der Waals surface area (Å²) in [6, 6.07) is 4.58. The fourth-order valence-corrected chi connectivity index (χ4v) is 3.54. The summed E-state index contributed by atoms with van der Waals surface area (Å²) in [5.74, 6) is 2.40. The van der Waals surface area contributed by atoms with Crippen molar-refractivity contribution in [3.8, 4) is 0 Å². The summed E-state index contributed by atoms with van der Waals surface area (Å²) in [4.78, 5) is 13.3. The van der Waals surface area contributed by atoms with Crippen LogP contribution in [-0.2, 0) is 0 Å². The van der Waals surface area contributed by atoms with Gasteiger partial charge in [0.2, 0.25) is 0 Å². The van der Waals surface area contributed by atoms with Crippen LogP contribution < -0.4 is 15.5 Å². The number of aromatic nitrogens is 1. The van der Waals surface area contributed by atoms with Gasteiger partial charge in [0.25, 0.3) is 0 Å². The highest BCUT2D eigenvalue weighted by Crippen LogP contribution is 2.25. The summed E-state index contributed by atoms with van der Waals surface area (Å²) < 4.78 is 0. The number of halogens is 2. The minimum atomic E-state index is 0. The summed E-state index contributed by atoms with van der Waals surface area (Å²) in [6.07, 6.45) is 3.99. The number of pyridine rings is 1. The third kappa shape index (κ3) is 7.62. The average molecular weight is 509 g/mol. The number of guanidine groups is 1. The highest BCUT2D eigenvalue weighted by Gasteiger charge is 2.25. The molecule has 8 heteroatoms. The van der Waals surface area contributed by atoms with Gasteiger partial charge in [0.15, 0.2) is 5.96 Å². The van der Waals surface area contributed by atoms with Crippen molar-refractivity contribution in [2.24, 2.45) is 10.9 Å². The molecule has 0 amide bonds. The maximum Gasteiger partial charge on any atom is 0.191 e. The number of anilines is 1. The molecule has 154 valence electrons. The van der Waals surface area contributed by atoms with Crippen LogP contribution >= 0.6 is 35.6 Å². The molecule has 2 N–H and O–H groups in total. The zero-order valence-electron chi connectivity index (χ0n) is 17.1. The summed E-state index contributed by atoms with van der Waals surface area (Å²) in [5.41, 5.74) is 0. The van der Waals surface area contributed by atoms with Crippen molar-refractivity contribution in [3.05, 3.63) is 23.4 Å². The lowest BCUT2D eigenvalue weighted by molar-refractivity contribution is 0.254. The lowest BCUT2D eigenvalue weighted by Gasteiger charge is -2.27. The fourth-order valence-electron chi connectivity index (χ4n) is 3.30. The summed E-state index contributed by atoms with van der Waals surface area (Å²) in [6.45, 7) is 7.23. The van der Waals surface area contributed by atoms with Gasteiger partial charge in [0.1, 0.15) is 5.82 Å². The van der Waals surface area contributed by atoms with Crippen molar-refractivity contribution >= 4 is 47.4 Å². The van der Waals surface area contributed by atoms with Crippen LogP contribution in [0.4, 0.5) is 5.82 Å². The highest BCUT2D eigenvalue weighted by molar-refractivity contribution is 14.0. The molecule has 0 aromatic carbocycles. The SMILES string of the molecule is CN=C(NCC(CC(C)C)N(C)C)NC1CCN(c2ncccc2Cl)C1.I. The first-order valence-electron chi connectivity index (χ1n) is 9.39. The third-order valence-corrected chi connectivity index (χ3v) is 5.07. The number of hydrogen-bond donors (Lipinski definition) is 2. The molecular formula is C19H34ClIN6. The maximum absolute atomic E-state index is 6.28. The lowest BCUT2D eigenvalue weighted by Crippen LogP contribution is -2.49. The van der Waals surface area contributed by atoms with E-state index in [1.807, 2.05) is 19.2 Å². The van der Waals surface area contributed by atoms with Crippen molar-refractivity contribution in [1.82, 2.24) is 20.5 Å². The van der Waals surface area contributed by atoms with Crippen LogP contribution in [0.15, 0.2) is 23.3 Å². The van der Waals surface area contributed by atoms with E-state index < -0.39 is 0 Å². The van der Waals surface area contributed by atoms with Crippen molar-refractivity contribution in [2.45, 2.75) is 38.8 Å². The van der Waals surface area contributed by atoms with Gasteiger partial charge in [-0.1, -0.05) is 25.4 Å². The van der Waals surface area contributed by atoms with E-state index in [9.17, 15) is 0 Å². The van der Waals surface area contributed by atoms with E-state index in [1.165, 1.54) is 0 Å². The minimum Gasteiger partial charge on any atom is -0.355 e. The molecule has 2 unspecified atom stereocenters. The molecule has 0 aliphatic carbocycles. The van der Waals surface area contributed by atoms with Crippen LogP contribution in [0, 0.1) is 5.92 Å². The molecule has 1 aromatic rings. The van der Waals surface area contributed by atoms with Crippen molar-refractivity contribution < 1.29 is 0 Å². The summed E-state index contributed by atoms with van der Waals surface area (Å²) in [7, 11) is 6.09. The number of aliphatic imine (C=N–C) groups is 1. The minimum absolute atomic E-state index is 0. The molecule has 0 saturated carbocycles. The summed E-state index contributed by atoms with van der Waals surface area (Å²) >= 11 is 6.28. The van der Waals surface area contributed by atoms with E-state index in [0.717, 1.165) is 44.3 Å². The molecule has 2 heterocycles. The van der Waals surface area contributed by atoms with Crippen molar-refractivity contribution in [2.75, 3.05) is 45.7 Å². The van der Waals surface area contributed by atoms with Gasteiger partial charge in [0, 0.05) is 45.0 Å². The molecule has 2 rings (SSSR count). The molecule has 27 heavy (non-hydrogen) atoms. The zero-order valence-corrected chi connectivity index (χ0v) is 20.2. The van der Waals surface area contributed by atoms with Crippen molar-refractivity contribution in [3.63, 3.8) is 0 Å². The predicted octanol–water partition coefficient (Wildman–Crippen LogP) is 3.07. The molecule has 1 fully saturated rings. The molecule has 1 aliphatic rings. The van der Waals surface area contributed by atoms with Gasteiger partial charge in [-0.2, -0.15) is 0 Å². The quantitative estimate of drug-likeness (QED) is 0.337. The van der Waals surface area contributed by atoms with Crippen LogP contribution in [0.5, 0.6) is 0 Å². The first kappa shape index (κ1) is 24.2. The Morgan fingerprint density at radius 2 is 2.19 bits per heavy atom. The number of rotatable bonds is 7. The molecule has 1 aliphatic heterocycles. The Kier molecular flexibility index (Phi) is 10.7. The number of likely N-dealkylation sites (N-methyl/N-ethyl adjacent to an activating group) is 1. The van der Waals surface area contributed by atoms with Gasteiger partial charge in [-0.3, -0.25) is 4.99 Å². The Bertz CT molecular complexity index is 595. The second-order valence-corrected chi connectivity index (χ2v) is 7.99. The van der Waals surface area contributed by atoms with Gasteiger partial charge in [-0.25, -0.2) is 4.98 Å². The summed E-state index contributed by atoms with van der Waals surface area (Å²) in [5, 5.41) is 7.73. The molecule has 6 nitrogen and oxygen atoms in total. The number of nitrogens with one attached hydrogen (secondary N) is 2. The highest BCUT2D eigenvalue weighted by atomic mass is 127. The van der Waals surface area contributed by atoms with Gasteiger partial charge in [-0.15, -0.1) is 24.0 Å². The Balaban J connectivity index is 0.00000364. The van der Waals surface area contributed by atoms with E-state index in [2.05, 4.69) is 58.4 Å². The smallest absolute Gasteiger partial charge is 0.191 e. The van der Waals surface area contributed by atoms with E-state index in [0.29, 0.717) is 23.0 Å². The monoisotopic (exact) mass is 508 g/mol. The molecule has 2 atom stereocenters. The van der Waals surface area contributed by atoms with Crippen LogP contribution in [0.25, 0.3) is 0 Å². The first-order chi connectivity index (χ1) is 12.4. The van der Waals surface area contributed by atoms with E-state index >= 15 is 0 Å². The van der Waals surface area contributed by atoms with Crippen LogP contribution in [0.1, 0.15) is 26.7 Å². The topological polar surface area (TPSA) is 55.8 Å². The second-order valence-electron chi connectivity index (χ2n) is 7.58. The average Bonchev–Trinajstić information content (AvgIpc) is 3.05. The molecule has 1 saturated heterocycles. The second kappa shape index (κ2) is 11.9. The van der Waals surface area contributed by atoms with Gasteiger partial charge < -0.3 is 20.4 Å². The Morgan fingerprint density at radius 1 is 1.44 bits per heavy atom. The molecular weight excluding hydrogens is 475 g/mol. The molecule has 0 bridgehead atoms. The predicted molar refractivity (Wildman–Crippen MR) is 127 cm³/mol. The van der Waals surface area contributed by atoms with Gasteiger partial charge in [-0.05, 0) is 45.0 Å². The van der Waals surface area contributed by atoms with Crippen LogP contribution in [-0.4, -0.2) is 68.7 Å². The third-order valence-electron chi connectivity index (χ3n) is 4.77. The number of nitrogens with zero attached hydrogens (tertiary/aromatic N) is 4. The van der Waals surface area contributed by atoms with Crippen LogP contribution in [0.3, 0.4) is 0 Å². The van der Waals surface area contributed by atoms with E-state index in [4.69, 9.17) is 11.6 Å². The molecule has 0 radical (unpaired) electrons. The van der Waals surface area contributed by atoms with Gasteiger partial charge >= 0.3 is 0 Å². The largest absolute Gasteiger partial charge is 0.355 e. The Morgan fingerprint density at radius 3 is 2.78 bits per heavy atom. The molecule has 0 spiro atoms. The van der Waals surface area contributed by atoms with Crippen molar-refractivity contribution in [1.29, 1.82) is 0 Å². The van der Waals surface area contributed by atoms with Gasteiger partial charge in [0.05, 0.1) is 5.02 Å². The Hall–Kier alpha value is -0.800. The zero-order chi connectivity index (χ0) is 19.1. The lowest BCUT2D eigenvalue weighted by atomic mass is 10.0. The maximum atomic E-state index is 6.28. The number of hydrogen-bond acceptors (Lipinski definition) is 4. The normalized spacial score (nSPS) is 18.6.